The van der Waals surface area contributed by atoms with Crippen molar-refractivity contribution >= 4 is 17.8 Å². The molecule has 9 heteroatoms. The molecule has 2 aromatic rings. The van der Waals surface area contributed by atoms with Crippen molar-refractivity contribution in [3.63, 3.8) is 0 Å². The van der Waals surface area contributed by atoms with Gasteiger partial charge < -0.3 is 14.7 Å². The minimum atomic E-state index is -0.374. The quantitative estimate of drug-likeness (QED) is 0.871. The molecule has 1 spiro atoms. The van der Waals surface area contributed by atoms with Gasteiger partial charge >= 0.3 is 6.03 Å². The van der Waals surface area contributed by atoms with Gasteiger partial charge in [-0.2, -0.15) is 5.10 Å². The Balaban J connectivity index is 1.53. The minimum Gasteiger partial charge on any atom is -0.361 e. The van der Waals surface area contributed by atoms with Gasteiger partial charge in [-0.3, -0.25) is 9.69 Å². The van der Waals surface area contributed by atoms with Crippen LogP contribution in [0.3, 0.4) is 0 Å². The van der Waals surface area contributed by atoms with Crippen LogP contribution in [0.5, 0.6) is 0 Å². The summed E-state index contributed by atoms with van der Waals surface area (Å²) in [4.78, 5) is 28.9. The number of urea groups is 1. The first kappa shape index (κ1) is 18.5. The van der Waals surface area contributed by atoms with E-state index in [2.05, 4.69) is 15.6 Å². The molecule has 0 radical (unpaired) electrons. The summed E-state index contributed by atoms with van der Waals surface area (Å²) in [6, 6.07) is 3.76. The van der Waals surface area contributed by atoms with Gasteiger partial charge in [0, 0.05) is 31.3 Å². The number of nitrogens with zero attached hydrogens (tertiary/aromatic N) is 5. The number of aryl methyl sites for hydroxylation is 1. The lowest BCUT2D eigenvalue weighted by atomic mass is 9.82. The zero-order valence-corrected chi connectivity index (χ0v) is 16.5. The number of carbonyl (C=O) groups is 2. The van der Waals surface area contributed by atoms with Crippen LogP contribution in [0, 0.1) is 6.92 Å². The Labute approximate surface area is 163 Å². The summed E-state index contributed by atoms with van der Waals surface area (Å²) >= 11 is 0. The first-order valence-electron chi connectivity index (χ1n) is 9.70. The second-order valence-electron chi connectivity index (χ2n) is 8.00. The molecule has 4 heterocycles. The van der Waals surface area contributed by atoms with E-state index >= 15 is 0 Å². The van der Waals surface area contributed by atoms with E-state index in [1.165, 1.54) is 0 Å². The number of rotatable bonds is 3. The van der Waals surface area contributed by atoms with E-state index in [0.717, 1.165) is 17.3 Å². The summed E-state index contributed by atoms with van der Waals surface area (Å²) in [5.41, 5.74) is 0.343. The molecule has 0 aliphatic carbocycles. The Morgan fingerprint density at radius 3 is 2.75 bits per heavy atom. The summed E-state index contributed by atoms with van der Waals surface area (Å²) in [6.07, 6.45) is 3.51. The molecule has 28 heavy (non-hydrogen) atoms. The summed E-state index contributed by atoms with van der Waals surface area (Å²) in [6.45, 7) is 7.30. The van der Waals surface area contributed by atoms with E-state index in [1.54, 1.807) is 11.1 Å². The number of hydrogen-bond donors (Lipinski definition) is 1. The van der Waals surface area contributed by atoms with Gasteiger partial charge in [0.25, 0.3) is 0 Å². The lowest BCUT2D eigenvalue weighted by Crippen LogP contribution is -2.56. The Bertz CT molecular complexity index is 878. The van der Waals surface area contributed by atoms with Gasteiger partial charge in [-0.1, -0.05) is 5.16 Å². The normalized spacial score (nSPS) is 18.6. The maximum Gasteiger partial charge on any atom is 0.317 e. The third-order valence-corrected chi connectivity index (χ3v) is 5.52. The number of aromatic nitrogens is 3. The standard InChI is InChI=1S/C19H26N6O3/c1-13(2)21-18(27)23-8-5-19(6-9-23)11-17(26)24(16-4-7-20-25(16)19)12-15-10-14(3)28-22-15/h4,7,10,13H,5-6,8-9,11-12H2,1-3H3,(H,21,27). The molecule has 1 N–H and O–H groups in total. The summed E-state index contributed by atoms with van der Waals surface area (Å²) in [5, 5.41) is 11.5. The van der Waals surface area contributed by atoms with Crippen LogP contribution in [0.1, 0.15) is 44.6 Å². The fourth-order valence-corrected chi connectivity index (χ4v) is 4.12. The van der Waals surface area contributed by atoms with Crippen molar-refractivity contribution in [1.29, 1.82) is 0 Å². The Kier molecular flexibility index (Phi) is 4.60. The molecule has 2 aromatic heterocycles. The average molecular weight is 386 g/mol. The predicted molar refractivity (Wildman–Crippen MR) is 102 cm³/mol. The van der Waals surface area contributed by atoms with Crippen molar-refractivity contribution < 1.29 is 14.1 Å². The molecular formula is C19H26N6O3. The van der Waals surface area contributed by atoms with Crippen molar-refractivity contribution in [2.24, 2.45) is 0 Å². The van der Waals surface area contributed by atoms with Gasteiger partial charge in [-0.05, 0) is 33.6 Å². The maximum absolute atomic E-state index is 13.0. The first-order valence-corrected chi connectivity index (χ1v) is 9.70. The first-order chi connectivity index (χ1) is 13.4. The highest BCUT2D eigenvalue weighted by atomic mass is 16.5. The number of hydrogen-bond acceptors (Lipinski definition) is 5. The van der Waals surface area contributed by atoms with Gasteiger partial charge in [-0.15, -0.1) is 0 Å². The molecule has 0 unspecified atom stereocenters. The van der Waals surface area contributed by atoms with Gasteiger partial charge in [0.2, 0.25) is 5.91 Å². The predicted octanol–water partition coefficient (Wildman–Crippen LogP) is 2.03. The van der Waals surface area contributed by atoms with Crippen LogP contribution in [-0.2, 0) is 16.9 Å². The average Bonchev–Trinajstić information content (AvgIpc) is 3.28. The highest BCUT2D eigenvalue weighted by Gasteiger charge is 2.46. The van der Waals surface area contributed by atoms with Crippen LogP contribution in [0.2, 0.25) is 0 Å². The van der Waals surface area contributed by atoms with Crippen molar-refractivity contribution in [3.05, 3.63) is 29.8 Å². The van der Waals surface area contributed by atoms with Gasteiger partial charge in [-0.25, -0.2) is 9.48 Å². The summed E-state index contributed by atoms with van der Waals surface area (Å²) < 4.78 is 7.10. The molecule has 150 valence electrons. The van der Waals surface area contributed by atoms with Gasteiger partial charge in [0.1, 0.15) is 17.3 Å². The number of carbonyl (C=O) groups excluding carboxylic acids is 2. The number of piperidine rings is 1. The Morgan fingerprint density at radius 1 is 1.36 bits per heavy atom. The number of fused-ring (bicyclic) bond motifs is 2. The number of likely N-dealkylation sites (tertiary alicyclic amines) is 1. The highest BCUT2D eigenvalue weighted by Crippen LogP contribution is 2.41. The van der Waals surface area contributed by atoms with E-state index in [1.807, 2.05) is 42.5 Å². The fraction of sp³-hybridized carbons (Fsp3) is 0.579. The van der Waals surface area contributed by atoms with Crippen LogP contribution >= 0.6 is 0 Å². The molecule has 1 saturated heterocycles. The number of anilines is 1. The third kappa shape index (κ3) is 3.25. The Morgan fingerprint density at radius 2 is 2.11 bits per heavy atom. The van der Waals surface area contributed by atoms with E-state index in [-0.39, 0.29) is 23.5 Å². The number of nitrogens with one attached hydrogen (secondary N) is 1. The lowest BCUT2D eigenvalue weighted by molar-refractivity contribution is -0.123. The molecule has 3 amide bonds. The monoisotopic (exact) mass is 386 g/mol. The summed E-state index contributed by atoms with van der Waals surface area (Å²) in [5.74, 6) is 1.54. The third-order valence-electron chi connectivity index (χ3n) is 5.52. The molecule has 2 aliphatic heterocycles. The second-order valence-corrected chi connectivity index (χ2v) is 8.00. The van der Waals surface area contributed by atoms with Crippen LogP contribution in [0.15, 0.2) is 22.9 Å². The smallest absolute Gasteiger partial charge is 0.317 e. The molecule has 0 saturated carbocycles. The second kappa shape index (κ2) is 6.96. The van der Waals surface area contributed by atoms with Gasteiger partial charge in [0.15, 0.2) is 0 Å². The van der Waals surface area contributed by atoms with Crippen LogP contribution < -0.4 is 10.2 Å². The van der Waals surface area contributed by atoms with E-state index in [0.29, 0.717) is 38.9 Å². The molecule has 0 bridgehead atoms. The Hall–Kier alpha value is -2.84. The van der Waals surface area contributed by atoms with E-state index < -0.39 is 0 Å². The van der Waals surface area contributed by atoms with Crippen LogP contribution in [-0.4, -0.2) is 50.9 Å². The van der Waals surface area contributed by atoms with Gasteiger partial charge in [0.05, 0.1) is 24.7 Å². The molecule has 0 aromatic carbocycles. The molecule has 4 rings (SSSR count). The fourth-order valence-electron chi connectivity index (χ4n) is 4.12. The maximum atomic E-state index is 13.0. The minimum absolute atomic E-state index is 0.0456. The highest BCUT2D eigenvalue weighted by molar-refractivity contribution is 5.94. The molecule has 0 atom stereocenters. The van der Waals surface area contributed by atoms with Crippen LogP contribution in [0.25, 0.3) is 0 Å². The largest absolute Gasteiger partial charge is 0.361 e. The van der Waals surface area contributed by atoms with Crippen molar-refractivity contribution in [2.75, 3.05) is 18.0 Å². The molecule has 1 fully saturated rings. The lowest BCUT2D eigenvalue weighted by Gasteiger charge is -2.46. The van der Waals surface area contributed by atoms with Crippen molar-refractivity contribution in [3.8, 4) is 0 Å². The number of amides is 3. The zero-order valence-electron chi connectivity index (χ0n) is 16.5. The van der Waals surface area contributed by atoms with E-state index in [9.17, 15) is 9.59 Å². The van der Waals surface area contributed by atoms with E-state index in [4.69, 9.17) is 4.52 Å². The SMILES string of the molecule is Cc1cc(CN2C(=O)CC3(CCN(C(=O)NC(C)C)CC3)n3nccc32)no1. The molecular weight excluding hydrogens is 360 g/mol. The topological polar surface area (TPSA) is 96.5 Å². The van der Waals surface area contributed by atoms with Crippen LogP contribution in [0.4, 0.5) is 10.6 Å². The molecule has 9 nitrogen and oxygen atoms in total. The zero-order chi connectivity index (χ0) is 19.9. The van der Waals surface area contributed by atoms with Crippen molar-refractivity contribution in [1.82, 2.24) is 25.2 Å². The van der Waals surface area contributed by atoms with Crippen molar-refractivity contribution in [2.45, 2.75) is 58.2 Å². The molecule has 2 aliphatic rings. The summed E-state index contributed by atoms with van der Waals surface area (Å²) in [7, 11) is 0.